The minimum atomic E-state index is -0.477. The molecule has 0 radical (unpaired) electrons. The second-order valence-electron chi connectivity index (χ2n) is 5.20. The summed E-state index contributed by atoms with van der Waals surface area (Å²) >= 11 is 0. The van der Waals surface area contributed by atoms with Gasteiger partial charge in [0.2, 0.25) is 6.79 Å². The number of carbonyl (C=O) groups is 1. The van der Waals surface area contributed by atoms with Crippen molar-refractivity contribution in [2.45, 2.75) is 6.92 Å². The lowest BCUT2D eigenvalue weighted by Crippen LogP contribution is -2.14. The van der Waals surface area contributed by atoms with Crippen molar-refractivity contribution in [1.29, 1.82) is 5.26 Å². The summed E-state index contributed by atoms with van der Waals surface area (Å²) < 4.78 is 10.5. The zero-order valence-corrected chi connectivity index (χ0v) is 13.0. The van der Waals surface area contributed by atoms with Crippen molar-refractivity contribution in [2.24, 2.45) is 0 Å². The molecule has 1 heterocycles. The van der Waals surface area contributed by atoms with E-state index in [0.717, 1.165) is 5.56 Å². The Morgan fingerprint density at radius 1 is 1.12 bits per heavy atom. The van der Waals surface area contributed by atoms with Crippen molar-refractivity contribution in [2.75, 3.05) is 17.4 Å². The third kappa shape index (κ3) is 3.47. The standard InChI is InChI=1S/C18H15N3O3/c1-12-2-4-14(5-3-12)21-18(22)13(9-19)10-20-15-6-7-16-17(8-15)24-11-23-16/h2-8,10,20H,11H2,1H3,(H,21,22)/b13-10-. The van der Waals surface area contributed by atoms with Gasteiger partial charge in [-0.15, -0.1) is 0 Å². The Hall–Kier alpha value is -3.46. The fourth-order valence-corrected chi connectivity index (χ4v) is 2.13. The topological polar surface area (TPSA) is 83.4 Å². The van der Waals surface area contributed by atoms with E-state index in [4.69, 9.17) is 9.47 Å². The van der Waals surface area contributed by atoms with E-state index >= 15 is 0 Å². The van der Waals surface area contributed by atoms with Crippen molar-refractivity contribution < 1.29 is 14.3 Å². The van der Waals surface area contributed by atoms with E-state index in [1.54, 1.807) is 30.3 Å². The van der Waals surface area contributed by atoms with Crippen LogP contribution in [-0.2, 0) is 4.79 Å². The Balaban J connectivity index is 1.68. The van der Waals surface area contributed by atoms with E-state index in [2.05, 4.69) is 10.6 Å². The molecule has 3 rings (SSSR count). The Morgan fingerprint density at radius 3 is 2.58 bits per heavy atom. The monoisotopic (exact) mass is 321 g/mol. The maximum absolute atomic E-state index is 12.2. The molecule has 2 N–H and O–H groups in total. The Morgan fingerprint density at radius 2 is 1.83 bits per heavy atom. The van der Waals surface area contributed by atoms with E-state index in [1.165, 1.54) is 6.20 Å². The van der Waals surface area contributed by atoms with Crippen LogP contribution < -0.4 is 20.1 Å². The summed E-state index contributed by atoms with van der Waals surface area (Å²) in [6.07, 6.45) is 1.36. The smallest absolute Gasteiger partial charge is 0.267 e. The molecule has 0 fully saturated rings. The summed E-state index contributed by atoms with van der Waals surface area (Å²) in [5.41, 5.74) is 2.38. The van der Waals surface area contributed by atoms with Crippen molar-refractivity contribution in [3.63, 3.8) is 0 Å². The number of aryl methyl sites for hydroxylation is 1. The number of hydrogen-bond acceptors (Lipinski definition) is 5. The van der Waals surface area contributed by atoms with Crippen LogP contribution in [0.2, 0.25) is 0 Å². The van der Waals surface area contributed by atoms with Crippen molar-refractivity contribution in [1.82, 2.24) is 0 Å². The normalized spacial score (nSPS) is 12.4. The largest absolute Gasteiger partial charge is 0.454 e. The highest BCUT2D eigenvalue weighted by atomic mass is 16.7. The van der Waals surface area contributed by atoms with Gasteiger partial charge in [0.25, 0.3) is 5.91 Å². The molecule has 2 aromatic rings. The summed E-state index contributed by atoms with van der Waals surface area (Å²) in [4.78, 5) is 12.2. The number of hydrogen-bond donors (Lipinski definition) is 2. The molecule has 6 heteroatoms. The average Bonchev–Trinajstić information content (AvgIpc) is 3.05. The molecule has 0 saturated carbocycles. The van der Waals surface area contributed by atoms with Gasteiger partial charge in [-0.3, -0.25) is 4.79 Å². The highest BCUT2D eigenvalue weighted by molar-refractivity contribution is 6.06. The van der Waals surface area contributed by atoms with E-state index in [-0.39, 0.29) is 12.4 Å². The van der Waals surface area contributed by atoms with Gasteiger partial charge in [-0.1, -0.05) is 17.7 Å². The number of amides is 1. The lowest BCUT2D eigenvalue weighted by Gasteiger charge is -2.06. The Kier molecular flexibility index (Phi) is 4.34. The number of ether oxygens (including phenoxy) is 2. The van der Waals surface area contributed by atoms with Crippen molar-refractivity contribution >= 4 is 17.3 Å². The summed E-state index contributed by atoms with van der Waals surface area (Å²) in [5, 5.41) is 14.8. The molecule has 2 aromatic carbocycles. The first kappa shape index (κ1) is 15.4. The molecule has 1 aliphatic rings. The molecule has 1 aliphatic heterocycles. The minimum Gasteiger partial charge on any atom is -0.454 e. The Bertz CT molecular complexity index is 836. The minimum absolute atomic E-state index is 0.0340. The highest BCUT2D eigenvalue weighted by Gasteiger charge is 2.13. The van der Waals surface area contributed by atoms with E-state index in [1.807, 2.05) is 25.1 Å². The van der Waals surface area contributed by atoms with Gasteiger partial charge < -0.3 is 20.1 Å². The number of nitrogens with one attached hydrogen (secondary N) is 2. The lowest BCUT2D eigenvalue weighted by molar-refractivity contribution is -0.112. The molecule has 120 valence electrons. The predicted molar refractivity (Wildman–Crippen MR) is 89.7 cm³/mol. The molecule has 0 aromatic heterocycles. The molecule has 24 heavy (non-hydrogen) atoms. The molecule has 1 amide bonds. The Labute approximate surface area is 139 Å². The molecule has 6 nitrogen and oxygen atoms in total. The van der Waals surface area contributed by atoms with E-state index < -0.39 is 5.91 Å². The van der Waals surface area contributed by atoms with Gasteiger partial charge in [0.15, 0.2) is 11.5 Å². The van der Waals surface area contributed by atoms with Gasteiger partial charge in [-0.25, -0.2) is 0 Å². The second kappa shape index (κ2) is 6.75. The number of benzene rings is 2. The van der Waals surface area contributed by atoms with E-state index in [9.17, 15) is 10.1 Å². The zero-order valence-electron chi connectivity index (χ0n) is 13.0. The average molecular weight is 321 g/mol. The maximum atomic E-state index is 12.2. The third-order valence-corrected chi connectivity index (χ3v) is 3.43. The quantitative estimate of drug-likeness (QED) is 0.667. The summed E-state index contributed by atoms with van der Waals surface area (Å²) in [5.74, 6) is 0.813. The van der Waals surface area contributed by atoms with Crippen LogP contribution in [0.15, 0.2) is 54.2 Å². The SMILES string of the molecule is Cc1ccc(NC(=O)/C(C#N)=C\Nc2ccc3c(c2)OCO3)cc1. The van der Waals surface area contributed by atoms with Gasteiger partial charge in [0, 0.05) is 23.6 Å². The molecule has 0 atom stereocenters. The first-order chi connectivity index (χ1) is 11.7. The first-order valence-electron chi connectivity index (χ1n) is 7.30. The molecule has 0 bridgehead atoms. The number of rotatable bonds is 4. The van der Waals surface area contributed by atoms with Crippen LogP contribution in [0, 0.1) is 18.3 Å². The number of nitrogens with zero attached hydrogens (tertiary/aromatic N) is 1. The maximum Gasteiger partial charge on any atom is 0.267 e. The van der Waals surface area contributed by atoms with Crippen LogP contribution in [0.25, 0.3) is 0 Å². The van der Waals surface area contributed by atoms with Crippen molar-refractivity contribution in [3.05, 3.63) is 59.8 Å². The molecular formula is C18H15N3O3. The highest BCUT2D eigenvalue weighted by Crippen LogP contribution is 2.34. The van der Waals surface area contributed by atoms with E-state index in [0.29, 0.717) is 22.9 Å². The van der Waals surface area contributed by atoms with Crippen LogP contribution >= 0.6 is 0 Å². The van der Waals surface area contributed by atoms with Gasteiger partial charge >= 0.3 is 0 Å². The van der Waals surface area contributed by atoms with Gasteiger partial charge in [0.1, 0.15) is 11.6 Å². The first-order valence-corrected chi connectivity index (χ1v) is 7.30. The summed E-state index contributed by atoms with van der Waals surface area (Å²) in [7, 11) is 0. The van der Waals surface area contributed by atoms with Crippen LogP contribution in [-0.4, -0.2) is 12.7 Å². The molecule has 0 aliphatic carbocycles. The number of nitriles is 1. The van der Waals surface area contributed by atoms with Crippen LogP contribution in [0.3, 0.4) is 0 Å². The zero-order chi connectivity index (χ0) is 16.9. The summed E-state index contributed by atoms with van der Waals surface area (Å²) in [6.45, 7) is 2.15. The third-order valence-electron chi connectivity index (χ3n) is 3.43. The van der Waals surface area contributed by atoms with Gasteiger partial charge in [0.05, 0.1) is 0 Å². The number of carbonyl (C=O) groups excluding carboxylic acids is 1. The molecule has 0 spiro atoms. The molecule has 0 unspecified atom stereocenters. The molecule has 0 saturated heterocycles. The predicted octanol–water partition coefficient (Wildman–Crippen LogP) is 3.18. The lowest BCUT2D eigenvalue weighted by atomic mass is 10.2. The second-order valence-corrected chi connectivity index (χ2v) is 5.20. The summed E-state index contributed by atoms with van der Waals surface area (Å²) in [6, 6.07) is 14.5. The molecular weight excluding hydrogens is 306 g/mol. The van der Waals surface area contributed by atoms with Crippen molar-refractivity contribution in [3.8, 4) is 17.6 Å². The fraction of sp³-hybridized carbons (Fsp3) is 0.111. The number of anilines is 2. The van der Waals surface area contributed by atoms with Gasteiger partial charge in [-0.2, -0.15) is 5.26 Å². The van der Waals surface area contributed by atoms with Crippen LogP contribution in [0.5, 0.6) is 11.5 Å². The fourth-order valence-electron chi connectivity index (χ4n) is 2.13. The van der Waals surface area contributed by atoms with Crippen LogP contribution in [0.1, 0.15) is 5.56 Å². The van der Waals surface area contributed by atoms with Gasteiger partial charge in [-0.05, 0) is 31.2 Å². The van der Waals surface area contributed by atoms with Crippen LogP contribution in [0.4, 0.5) is 11.4 Å². The number of fused-ring (bicyclic) bond motifs is 1.